The molecule has 1 aliphatic rings. The molecule has 2 rings (SSSR count). The van der Waals surface area contributed by atoms with E-state index in [-0.39, 0.29) is 6.09 Å². The van der Waals surface area contributed by atoms with Crippen LogP contribution in [0, 0.1) is 5.41 Å². The molecule has 3 heteroatoms. The highest BCUT2D eigenvalue weighted by atomic mass is 16.6. The molecule has 18 heavy (non-hydrogen) atoms. The number of nitrogens with one attached hydrogen (secondary N) is 1. The van der Waals surface area contributed by atoms with Crippen molar-refractivity contribution in [3.8, 4) is 5.75 Å². The highest BCUT2D eigenvalue weighted by Crippen LogP contribution is 2.40. The number of para-hydroxylation sites is 1. The van der Waals surface area contributed by atoms with Crippen LogP contribution in [0.2, 0.25) is 0 Å². The Morgan fingerprint density at radius 1 is 1.28 bits per heavy atom. The van der Waals surface area contributed by atoms with Crippen LogP contribution in [0.1, 0.15) is 39.0 Å². The minimum atomic E-state index is -0.346. The Labute approximate surface area is 109 Å². The lowest BCUT2D eigenvalue weighted by Crippen LogP contribution is -2.37. The maximum atomic E-state index is 11.7. The smallest absolute Gasteiger partial charge is 0.410 e. The molecule has 1 N–H and O–H groups in total. The number of amides is 1. The topological polar surface area (TPSA) is 38.3 Å². The van der Waals surface area contributed by atoms with Crippen molar-refractivity contribution in [2.75, 3.05) is 6.54 Å². The summed E-state index contributed by atoms with van der Waals surface area (Å²) in [4.78, 5) is 11.7. The first-order valence-electron chi connectivity index (χ1n) is 6.75. The van der Waals surface area contributed by atoms with Crippen LogP contribution in [0.15, 0.2) is 30.3 Å². The van der Waals surface area contributed by atoms with Gasteiger partial charge in [-0.1, -0.05) is 38.0 Å². The molecule has 0 spiro atoms. The number of carbonyl (C=O) groups is 1. The van der Waals surface area contributed by atoms with Crippen molar-refractivity contribution in [2.45, 2.75) is 39.0 Å². The summed E-state index contributed by atoms with van der Waals surface area (Å²) >= 11 is 0. The predicted octanol–water partition coefficient (Wildman–Crippen LogP) is 3.75. The zero-order chi connectivity index (χ0) is 12.8. The number of carbonyl (C=O) groups excluding carboxylic acids is 1. The zero-order valence-electron chi connectivity index (χ0n) is 10.9. The fourth-order valence-corrected chi connectivity index (χ4v) is 2.67. The van der Waals surface area contributed by atoms with Crippen molar-refractivity contribution in [2.24, 2.45) is 5.41 Å². The van der Waals surface area contributed by atoms with Crippen LogP contribution in [-0.4, -0.2) is 12.6 Å². The Bertz CT molecular complexity index is 383. The van der Waals surface area contributed by atoms with E-state index in [1.54, 1.807) is 12.1 Å². The van der Waals surface area contributed by atoms with E-state index in [9.17, 15) is 4.79 Å². The lowest BCUT2D eigenvalue weighted by molar-refractivity contribution is 0.188. The van der Waals surface area contributed by atoms with E-state index in [4.69, 9.17) is 4.74 Å². The Kier molecular flexibility index (Phi) is 4.24. The minimum Gasteiger partial charge on any atom is -0.410 e. The third kappa shape index (κ3) is 3.25. The van der Waals surface area contributed by atoms with E-state index < -0.39 is 0 Å². The van der Waals surface area contributed by atoms with Gasteiger partial charge in [-0.2, -0.15) is 0 Å². The fraction of sp³-hybridized carbons (Fsp3) is 0.533. The molecule has 1 aromatic carbocycles. The van der Waals surface area contributed by atoms with Crippen LogP contribution in [0.4, 0.5) is 4.79 Å². The summed E-state index contributed by atoms with van der Waals surface area (Å²) in [5.74, 6) is 0.590. The molecule has 0 aromatic heterocycles. The second-order valence-electron chi connectivity index (χ2n) is 5.12. The summed E-state index contributed by atoms with van der Waals surface area (Å²) in [6.45, 7) is 2.94. The summed E-state index contributed by atoms with van der Waals surface area (Å²) in [6, 6.07) is 9.17. The van der Waals surface area contributed by atoms with Gasteiger partial charge in [-0.25, -0.2) is 4.79 Å². The molecule has 0 unspecified atom stereocenters. The molecule has 1 saturated carbocycles. The van der Waals surface area contributed by atoms with Gasteiger partial charge in [0.15, 0.2) is 0 Å². The largest absolute Gasteiger partial charge is 0.412 e. The van der Waals surface area contributed by atoms with E-state index in [0.717, 1.165) is 13.0 Å². The summed E-state index contributed by atoms with van der Waals surface area (Å²) < 4.78 is 5.21. The average molecular weight is 247 g/mol. The lowest BCUT2D eigenvalue weighted by Gasteiger charge is -2.27. The number of rotatable bonds is 4. The summed E-state index contributed by atoms with van der Waals surface area (Å²) in [6.07, 6.45) is 5.77. The van der Waals surface area contributed by atoms with E-state index in [1.165, 1.54) is 25.7 Å². The third-order valence-electron chi connectivity index (χ3n) is 3.98. The van der Waals surface area contributed by atoms with Crippen LogP contribution in [0.25, 0.3) is 0 Å². The Balaban J connectivity index is 1.81. The van der Waals surface area contributed by atoms with Gasteiger partial charge in [0.1, 0.15) is 5.75 Å². The average Bonchev–Trinajstić information content (AvgIpc) is 2.87. The van der Waals surface area contributed by atoms with E-state index in [1.807, 2.05) is 18.2 Å². The van der Waals surface area contributed by atoms with Gasteiger partial charge in [-0.15, -0.1) is 0 Å². The molecule has 3 nitrogen and oxygen atoms in total. The first kappa shape index (κ1) is 12.9. The number of ether oxygens (including phenoxy) is 1. The van der Waals surface area contributed by atoms with Crippen LogP contribution < -0.4 is 10.1 Å². The maximum Gasteiger partial charge on any atom is 0.412 e. The third-order valence-corrected chi connectivity index (χ3v) is 3.98. The van der Waals surface area contributed by atoms with Crippen LogP contribution in [-0.2, 0) is 0 Å². The van der Waals surface area contributed by atoms with Crippen molar-refractivity contribution < 1.29 is 9.53 Å². The quantitative estimate of drug-likeness (QED) is 0.880. The van der Waals surface area contributed by atoms with Gasteiger partial charge in [0, 0.05) is 6.54 Å². The zero-order valence-corrected chi connectivity index (χ0v) is 10.9. The molecule has 1 amide bonds. The van der Waals surface area contributed by atoms with Crippen molar-refractivity contribution in [1.29, 1.82) is 0 Å². The summed E-state index contributed by atoms with van der Waals surface area (Å²) in [7, 11) is 0. The predicted molar refractivity (Wildman–Crippen MR) is 71.7 cm³/mol. The standard InChI is InChI=1S/C15H21NO2/c1-2-15(10-6-7-11-15)12-16-14(17)18-13-8-4-3-5-9-13/h3-5,8-9H,2,6-7,10-12H2,1H3,(H,16,17). The second kappa shape index (κ2) is 5.89. The molecule has 0 radical (unpaired) electrons. The molecule has 0 bridgehead atoms. The Morgan fingerprint density at radius 3 is 2.56 bits per heavy atom. The highest BCUT2D eigenvalue weighted by Gasteiger charge is 2.32. The molecule has 0 atom stereocenters. The van der Waals surface area contributed by atoms with Gasteiger partial charge >= 0.3 is 6.09 Å². The number of hydrogen-bond donors (Lipinski definition) is 1. The van der Waals surface area contributed by atoms with Gasteiger partial charge in [0.25, 0.3) is 0 Å². The Hall–Kier alpha value is -1.51. The van der Waals surface area contributed by atoms with Gasteiger partial charge in [-0.3, -0.25) is 0 Å². The highest BCUT2D eigenvalue weighted by molar-refractivity contribution is 5.70. The Morgan fingerprint density at radius 2 is 1.94 bits per heavy atom. The lowest BCUT2D eigenvalue weighted by atomic mass is 9.83. The van der Waals surface area contributed by atoms with E-state index in [2.05, 4.69) is 12.2 Å². The summed E-state index contributed by atoms with van der Waals surface area (Å²) in [5, 5.41) is 2.90. The van der Waals surface area contributed by atoms with Crippen LogP contribution in [0.3, 0.4) is 0 Å². The van der Waals surface area contributed by atoms with Gasteiger partial charge in [0.05, 0.1) is 0 Å². The summed E-state index contributed by atoms with van der Waals surface area (Å²) in [5.41, 5.74) is 0.301. The molecule has 98 valence electrons. The number of hydrogen-bond acceptors (Lipinski definition) is 2. The molecular formula is C15H21NO2. The first-order valence-corrected chi connectivity index (χ1v) is 6.75. The van der Waals surface area contributed by atoms with Crippen molar-refractivity contribution in [3.63, 3.8) is 0 Å². The fourth-order valence-electron chi connectivity index (χ4n) is 2.67. The SMILES string of the molecule is CCC1(CNC(=O)Oc2ccccc2)CCCC1. The molecule has 1 fully saturated rings. The van der Waals surface area contributed by atoms with E-state index >= 15 is 0 Å². The molecule has 0 saturated heterocycles. The van der Waals surface area contributed by atoms with Crippen molar-refractivity contribution >= 4 is 6.09 Å². The van der Waals surface area contributed by atoms with Crippen LogP contribution in [0.5, 0.6) is 5.75 Å². The molecule has 1 aliphatic carbocycles. The van der Waals surface area contributed by atoms with Gasteiger partial charge in [-0.05, 0) is 36.8 Å². The molecule has 0 aliphatic heterocycles. The van der Waals surface area contributed by atoms with Gasteiger partial charge in [0.2, 0.25) is 0 Å². The van der Waals surface area contributed by atoms with Gasteiger partial charge < -0.3 is 10.1 Å². The van der Waals surface area contributed by atoms with Crippen molar-refractivity contribution in [3.05, 3.63) is 30.3 Å². The monoisotopic (exact) mass is 247 g/mol. The maximum absolute atomic E-state index is 11.7. The number of benzene rings is 1. The second-order valence-corrected chi connectivity index (χ2v) is 5.12. The van der Waals surface area contributed by atoms with Crippen LogP contribution >= 0.6 is 0 Å². The van der Waals surface area contributed by atoms with Crippen molar-refractivity contribution in [1.82, 2.24) is 5.32 Å². The molecular weight excluding hydrogens is 226 g/mol. The molecule has 0 heterocycles. The molecule has 1 aromatic rings. The first-order chi connectivity index (χ1) is 8.74. The normalized spacial score (nSPS) is 17.4. The minimum absolute atomic E-state index is 0.301. The van der Waals surface area contributed by atoms with E-state index in [0.29, 0.717) is 11.2 Å².